The zero-order chi connectivity index (χ0) is 34.3. The van der Waals surface area contributed by atoms with E-state index in [1.807, 2.05) is 6.07 Å². The van der Waals surface area contributed by atoms with E-state index in [0.717, 1.165) is 48.2 Å². The van der Waals surface area contributed by atoms with Crippen LogP contribution < -0.4 is 4.74 Å². The van der Waals surface area contributed by atoms with E-state index in [1.54, 1.807) is 0 Å². The summed E-state index contributed by atoms with van der Waals surface area (Å²) in [7, 11) is 0. The van der Waals surface area contributed by atoms with Crippen molar-refractivity contribution < 1.29 is 19.1 Å². The fraction of sp³-hybridized carbons (Fsp3) is 0.644. The van der Waals surface area contributed by atoms with Gasteiger partial charge >= 0.3 is 5.97 Å². The van der Waals surface area contributed by atoms with Gasteiger partial charge in [-0.1, -0.05) is 84.2 Å². The molecule has 0 spiro atoms. The Labute approximate surface area is 295 Å². The molecule has 0 aromatic heterocycles. The monoisotopic (exact) mass is 664 g/mol. The number of ketones is 1. The van der Waals surface area contributed by atoms with E-state index < -0.39 is 0 Å². The number of Topliss-reactive ketones (excluding diaryl/α,β-unsaturated/α-hetero) is 1. The molecular formula is C45H60O4. The van der Waals surface area contributed by atoms with Crippen molar-refractivity contribution in [2.75, 3.05) is 6.61 Å². The molecule has 4 heteroatoms. The first-order valence-electron chi connectivity index (χ1n) is 19.8. The lowest BCUT2D eigenvalue weighted by Crippen LogP contribution is -2.57. The molecule has 4 nitrogen and oxygen atoms in total. The second-order valence-corrected chi connectivity index (χ2v) is 17.7. The Kier molecular flexibility index (Phi) is 9.90. The Morgan fingerprint density at radius 2 is 1.53 bits per heavy atom. The molecule has 0 radical (unpaired) electrons. The molecule has 4 aliphatic carbocycles. The number of hydrogen-bond donors (Lipinski definition) is 0. The number of ether oxygens (including phenoxy) is 2. The molecule has 0 N–H and O–H groups in total. The summed E-state index contributed by atoms with van der Waals surface area (Å²) in [5.41, 5.74) is 0.437. The van der Waals surface area contributed by atoms with Gasteiger partial charge in [-0.2, -0.15) is 0 Å². The van der Waals surface area contributed by atoms with E-state index in [9.17, 15) is 9.59 Å². The summed E-state index contributed by atoms with van der Waals surface area (Å²) in [6.07, 6.45) is 13.5. The minimum absolute atomic E-state index is 0.0326. The number of carbonyl (C=O) groups excluding carboxylic acids is 2. The van der Waals surface area contributed by atoms with Crippen LogP contribution in [0, 0.1) is 52.3 Å². The summed E-state index contributed by atoms with van der Waals surface area (Å²) in [5.74, 6) is 5.40. The number of hydrogen-bond acceptors (Lipinski definition) is 4. The van der Waals surface area contributed by atoms with Gasteiger partial charge in [0.15, 0.2) is 0 Å². The van der Waals surface area contributed by atoms with E-state index in [1.165, 1.54) is 61.1 Å². The van der Waals surface area contributed by atoms with Gasteiger partial charge in [-0.15, -0.1) is 0 Å². The predicted octanol–water partition coefficient (Wildman–Crippen LogP) is 11.4. The van der Waals surface area contributed by atoms with Crippen molar-refractivity contribution in [3.05, 3.63) is 54.6 Å². The molecule has 0 saturated heterocycles. The topological polar surface area (TPSA) is 52.6 Å². The van der Waals surface area contributed by atoms with Gasteiger partial charge < -0.3 is 9.47 Å². The summed E-state index contributed by atoms with van der Waals surface area (Å²) >= 11 is 0. The molecule has 0 aliphatic heterocycles. The van der Waals surface area contributed by atoms with Crippen molar-refractivity contribution in [2.24, 2.45) is 52.3 Å². The molecule has 9 atom stereocenters. The van der Waals surface area contributed by atoms with Crippen LogP contribution in [-0.4, -0.2) is 24.5 Å². The number of carbonyl (C=O) groups is 2. The summed E-state index contributed by atoms with van der Waals surface area (Å²) in [5, 5.41) is 4.80. The van der Waals surface area contributed by atoms with Crippen molar-refractivity contribution in [3.63, 3.8) is 0 Å². The van der Waals surface area contributed by atoms with Gasteiger partial charge in [-0.05, 0) is 144 Å². The van der Waals surface area contributed by atoms with Crippen LogP contribution in [0.2, 0.25) is 0 Å². The van der Waals surface area contributed by atoms with Crippen LogP contribution >= 0.6 is 0 Å². The Morgan fingerprint density at radius 3 is 2.31 bits per heavy atom. The highest BCUT2D eigenvalue weighted by Crippen LogP contribution is 2.68. The molecule has 0 amide bonds. The number of esters is 1. The lowest BCUT2D eigenvalue weighted by atomic mass is 9.44. The smallest absolute Gasteiger partial charge is 0.306 e. The molecule has 7 rings (SSSR count). The maximum Gasteiger partial charge on any atom is 0.306 e. The normalized spacial score (nSPS) is 33.2. The molecule has 3 aromatic rings. The maximum atomic E-state index is 14.0. The third-order valence-electron chi connectivity index (χ3n) is 14.4. The SMILES string of the molecule is CC(C)CCC[C@@H](C)[C@H]1CCC2C3CC(=O)C4CC(OC(=O)CCCOc5ccc6cc7ccccc7cc6c5)CC[C@]4(C)C3CC[C@@]21C. The van der Waals surface area contributed by atoms with Gasteiger partial charge in [0, 0.05) is 18.8 Å². The van der Waals surface area contributed by atoms with Gasteiger partial charge in [0.2, 0.25) is 0 Å². The Balaban J connectivity index is 0.899. The molecule has 264 valence electrons. The molecule has 0 bridgehead atoms. The summed E-state index contributed by atoms with van der Waals surface area (Å²) in [6, 6.07) is 19.0. The first-order valence-corrected chi connectivity index (χ1v) is 19.8. The van der Waals surface area contributed by atoms with Crippen molar-refractivity contribution in [1.82, 2.24) is 0 Å². The number of fused-ring (bicyclic) bond motifs is 7. The summed E-state index contributed by atoms with van der Waals surface area (Å²) < 4.78 is 12.1. The van der Waals surface area contributed by atoms with Crippen LogP contribution in [0.25, 0.3) is 21.5 Å². The quantitative estimate of drug-likeness (QED) is 0.116. The van der Waals surface area contributed by atoms with E-state index in [4.69, 9.17) is 9.47 Å². The fourth-order valence-corrected chi connectivity index (χ4v) is 11.8. The summed E-state index contributed by atoms with van der Waals surface area (Å²) in [6.45, 7) is 12.7. The third-order valence-corrected chi connectivity index (χ3v) is 14.4. The standard InChI is InChI=1S/C45H60O4/c1-29(2)10-8-11-30(3)38-17-18-39-37-28-42(46)41-27-36(19-21-45(41,5)40(37)20-22-44(38,39)4)49-43(47)14-9-23-48-35-16-15-33-24-31-12-6-7-13-32(31)25-34(33)26-35/h6-7,12-13,15-16,24-26,29-30,36-41H,8-11,14,17-23,27-28H2,1-5H3/t30-,36?,37?,38-,39?,40?,41?,44-,45-/m1/s1. The zero-order valence-electron chi connectivity index (χ0n) is 30.8. The van der Waals surface area contributed by atoms with Crippen LogP contribution in [0.4, 0.5) is 0 Å². The Hall–Kier alpha value is -2.88. The highest BCUT2D eigenvalue weighted by atomic mass is 16.5. The lowest BCUT2D eigenvalue weighted by molar-refractivity contribution is -0.170. The minimum atomic E-state index is -0.156. The molecule has 4 aliphatic rings. The van der Waals surface area contributed by atoms with Crippen LogP contribution in [0.3, 0.4) is 0 Å². The van der Waals surface area contributed by atoms with E-state index in [-0.39, 0.29) is 23.4 Å². The second-order valence-electron chi connectivity index (χ2n) is 17.7. The number of benzene rings is 3. The average molecular weight is 665 g/mol. The summed E-state index contributed by atoms with van der Waals surface area (Å²) in [4.78, 5) is 26.9. The predicted molar refractivity (Wildman–Crippen MR) is 200 cm³/mol. The van der Waals surface area contributed by atoms with E-state index in [2.05, 4.69) is 83.1 Å². The molecule has 49 heavy (non-hydrogen) atoms. The van der Waals surface area contributed by atoms with Crippen LogP contribution in [-0.2, 0) is 14.3 Å². The molecule has 3 aromatic carbocycles. The van der Waals surface area contributed by atoms with Crippen LogP contribution in [0.15, 0.2) is 54.6 Å². The Morgan fingerprint density at radius 1 is 0.816 bits per heavy atom. The molecule has 4 fully saturated rings. The van der Waals surface area contributed by atoms with E-state index in [0.29, 0.717) is 54.8 Å². The molecule has 4 saturated carbocycles. The number of rotatable bonds is 11. The van der Waals surface area contributed by atoms with Crippen molar-refractivity contribution >= 4 is 33.3 Å². The van der Waals surface area contributed by atoms with Crippen LogP contribution in [0.5, 0.6) is 5.75 Å². The average Bonchev–Trinajstić information content (AvgIpc) is 3.43. The van der Waals surface area contributed by atoms with Crippen molar-refractivity contribution in [3.8, 4) is 5.75 Å². The highest BCUT2D eigenvalue weighted by molar-refractivity contribution is 5.98. The highest BCUT2D eigenvalue weighted by Gasteiger charge is 2.62. The largest absolute Gasteiger partial charge is 0.494 e. The zero-order valence-corrected chi connectivity index (χ0v) is 30.8. The minimum Gasteiger partial charge on any atom is -0.494 e. The molecule has 0 heterocycles. The van der Waals surface area contributed by atoms with Gasteiger partial charge in [0.05, 0.1) is 6.61 Å². The maximum absolute atomic E-state index is 14.0. The van der Waals surface area contributed by atoms with E-state index >= 15 is 0 Å². The first kappa shape index (κ1) is 34.6. The lowest BCUT2D eigenvalue weighted by Gasteiger charge is -2.60. The van der Waals surface area contributed by atoms with Crippen LogP contribution in [0.1, 0.15) is 118 Å². The first-order chi connectivity index (χ1) is 23.5. The molecular weight excluding hydrogens is 604 g/mol. The van der Waals surface area contributed by atoms with Crippen molar-refractivity contribution in [1.29, 1.82) is 0 Å². The van der Waals surface area contributed by atoms with Gasteiger partial charge in [0.1, 0.15) is 17.6 Å². The van der Waals surface area contributed by atoms with Gasteiger partial charge in [-0.3, -0.25) is 9.59 Å². The fourth-order valence-electron chi connectivity index (χ4n) is 11.8. The van der Waals surface area contributed by atoms with Crippen molar-refractivity contribution in [2.45, 2.75) is 124 Å². The third kappa shape index (κ3) is 6.79. The second kappa shape index (κ2) is 14.0. The Bertz CT molecular complexity index is 1660. The van der Waals surface area contributed by atoms with Gasteiger partial charge in [0.25, 0.3) is 0 Å². The molecule has 5 unspecified atom stereocenters. The van der Waals surface area contributed by atoms with Gasteiger partial charge in [-0.25, -0.2) is 0 Å².